The van der Waals surface area contributed by atoms with E-state index < -0.39 is 0 Å². The van der Waals surface area contributed by atoms with E-state index >= 15 is 0 Å². The fourth-order valence-corrected chi connectivity index (χ4v) is 0.959. The fraction of sp³-hybridized carbons (Fsp3) is 0.500. The first-order chi connectivity index (χ1) is 5.71. The molecular formula is C8H10N2O2. The predicted molar refractivity (Wildman–Crippen MR) is 42.5 cm³/mol. The lowest BCUT2D eigenvalue weighted by Gasteiger charge is -2.05. The van der Waals surface area contributed by atoms with Crippen LogP contribution in [0.5, 0.6) is 0 Å². The number of nitrogens with one attached hydrogen (secondary N) is 1. The molecule has 0 saturated heterocycles. The van der Waals surface area contributed by atoms with Gasteiger partial charge in [-0.25, -0.2) is 0 Å². The molecule has 0 unspecified atom stereocenters. The van der Waals surface area contributed by atoms with Crippen LogP contribution in [-0.2, 0) is 4.79 Å². The number of rotatable bonds is 2. The summed E-state index contributed by atoms with van der Waals surface area (Å²) in [6, 6.07) is 1.63. The summed E-state index contributed by atoms with van der Waals surface area (Å²) in [6.45, 7) is 1.95. The summed E-state index contributed by atoms with van der Waals surface area (Å²) in [4.78, 5) is 11.4. The lowest BCUT2D eigenvalue weighted by atomic mass is 10.1. The van der Waals surface area contributed by atoms with Crippen molar-refractivity contribution in [3.05, 3.63) is 12.3 Å². The van der Waals surface area contributed by atoms with Gasteiger partial charge in [0.05, 0.1) is 0 Å². The Morgan fingerprint density at radius 3 is 3.00 bits per heavy atom. The van der Waals surface area contributed by atoms with Crippen molar-refractivity contribution >= 4 is 11.7 Å². The molecule has 1 aromatic heterocycles. The van der Waals surface area contributed by atoms with Gasteiger partial charge in [0.2, 0.25) is 5.91 Å². The molecule has 0 aliphatic heterocycles. The van der Waals surface area contributed by atoms with Crippen LogP contribution in [0.2, 0.25) is 0 Å². The first-order valence-corrected chi connectivity index (χ1v) is 3.93. The first kappa shape index (κ1) is 7.34. The maximum absolute atomic E-state index is 11.4. The van der Waals surface area contributed by atoms with Gasteiger partial charge in [-0.3, -0.25) is 4.79 Å². The molecule has 1 aliphatic rings. The molecule has 0 aromatic carbocycles. The van der Waals surface area contributed by atoms with Gasteiger partial charge >= 0.3 is 0 Å². The van der Waals surface area contributed by atoms with Gasteiger partial charge in [0, 0.05) is 11.5 Å². The zero-order valence-corrected chi connectivity index (χ0v) is 6.83. The molecule has 0 radical (unpaired) electrons. The Morgan fingerprint density at radius 1 is 1.75 bits per heavy atom. The zero-order chi connectivity index (χ0) is 8.60. The van der Waals surface area contributed by atoms with Crippen LogP contribution in [0.4, 0.5) is 5.82 Å². The van der Waals surface area contributed by atoms with Gasteiger partial charge in [0.1, 0.15) is 6.26 Å². The number of anilines is 1. The molecule has 1 amide bonds. The summed E-state index contributed by atoms with van der Waals surface area (Å²) in [7, 11) is 0. The SMILES string of the molecule is CC1(C(=O)Nc2ccon2)CC1. The Bertz CT molecular complexity index is 288. The average Bonchev–Trinajstić information content (AvgIpc) is 2.63. The van der Waals surface area contributed by atoms with E-state index in [9.17, 15) is 4.79 Å². The summed E-state index contributed by atoms with van der Waals surface area (Å²) < 4.78 is 4.58. The minimum atomic E-state index is -0.154. The molecule has 1 heterocycles. The van der Waals surface area contributed by atoms with Crippen LogP contribution in [0, 0.1) is 5.41 Å². The van der Waals surface area contributed by atoms with Gasteiger partial charge in [-0.15, -0.1) is 0 Å². The number of hydrogen-bond donors (Lipinski definition) is 1. The van der Waals surface area contributed by atoms with Crippen molar-refractivity contribution in [2.75, 3.05) is 5.32 Å². The van der Waals surface area contributed by atoms with Crippen molar-refractivity contribution in [1.29, 1.82) is 0 Å². The molecule has 1 fully saturated rings. The van der Waals surface area contributed by atoms with E-state index in [-0.39, 0.29) is 11.3 Å². The predicted octanol–water partition coefficient (Wildman–Crippen LogP) is 1.41. The molecule has 0 atom stereocenters. The molecular weight excluding hydrogens is 156 g/mol. The summed E-state index contributed by atoms with van der Waals surface area (Å²) in [6.07, 6.45) is 3.37. The standard InChI is InChI=1S/C8H10N2O2/c1-8(3-4-8)7(11)9-6-2-5-12-10-6/h2,5H,3-4H2,1H3,(H,9,10,11). The topological polar surface area (TPSA) is 55.1 Å². The van der Waals surface area contributed by atoms with Crippen LogP contribution in [-0.4, -0.2) is 11.1 Å². The molecule has 1 saturated carbocycles. The van der Waals surface area contributed by atoms with Crippen LogP contribution in [0.1, 0.15) is 19.8 Å². The Labute approximate surface area is 69.9 Å². The quantitative estimate of drug-likeness (QED) is 0.722. The van der Waals surface area contributed by atoms with Crippen molar-refractivity contribution in [3.8, 4) is 0 Å². The van der Waals surface area contributed by atoms with Crippen molar-refractivity contribution in [2.45, 2.75) is 19.8 Å². The van der Waals surface area contributed by atoms with Crippen LogP contribution < -0.4 is 5.32 Å². The van der Waals surface area contributed by atoms with Crippen LogP contribution in [0.25, 0.3) is 0 Å². The lowest BCUT2D eigenvalue weighted by molar-refractivity contribution is -0.120. The second-order valence-electron chi connectivity index (χ2n) is 3.40. The van der Waals surface area contributed by atoms with E-state index in [4.69, 9.17) is 0 Å². The fourth-order valence-electron chi connectivity index (χ4n) is 0.959. The smallest absolute Gasteiger partial charge is 0.231 e. The summed E-state index contributed by atoms with van der Waals surface area (Å²) >= 11 is 0. The highest BCUT2D eigenvalue weighted by atomic mass is 16.5. The minimum absolute atomic E-state index is 0.0383. The highest BCUT2D eigenvalue weighted by Gasteiger charge is 2.45. The second-order valence-corrected chi connectivity index (χ2v) is 3.40. The molecule has 4 nitrogen and oxygen atoms in total. The van der Waals surface area contributed by atoms with Gasteiger partial charge < -0.3 is 9.84 Å². The van der Waals surface area contributed by atoms with E-state index in [0.29, 0.717) is 5.82 Å². The molecule has 64 valence electrons. The van der Waals surface area contributed by atoms with E-state index in [1.807, 2.05) is 6.92 Å². The molecule has 1 aliphatic carbocycles. The monoisotopic (exact) mass is 166 g/mol. The van der Waals surface area contributed by atoms with Gasteiger partial charge in [-0.2, -0.15) is 0 Å². The van der Waals surface area contributed by atoms with E-state index in [2.05, 4.69) is 15.0 Å². The maximum Gasteiger partial charge on any atom is 0.231 e. The van der Waals surface area contributed by atoms with Crippen LogP contribution in [0.3, 0.4) is 0 Å². The van der Waals surface area contributed by atoms with Crippen LogP contribution in [0.15, 0.2) is 16.9 Å². The van der Waals surface area contributed by atoms with E-state index in [1.165, 1.54) is 6.26 Å². The number of carbonyl (C=O) groups excluding carboxylic acids is 1. The largest absolute Gasteiger partial charge is 0.363 e. The third-order valence-corrected chi connectivity index (χ3v) is 2.23. The maximum atomic E-state index is 11.4. The van der Waals surface area contributed by atoms with Gasteiger partial charge in [-0.05, 0) is 12.8 Å². The number of nitrogens with zero attached hydrogens (tertiary/aromatic N) is 1. The highest BCUT2D eigenvalue weighted by Crippen LogP contribution is 2.45. The van der Waals surface area contributed by atoms with Crippen molar-refractivity contribution < 1.29 is 9.32 Å². The molecule has 12 heavy (non-hydrogen) atoms. The van der Waals surface area contributed by atoms with Crippen LogP contribution >= 0.6 is 0 Å². The van der Waals surface area contributed by atoms with Gasteiger partial charge in [-0.1, -0.05) is 12.1 Å². The van der Waals surface area contributed by atoms with Crippen molar-refractivity contribution in [2.24, 2.45) is 5.41 Å². The van der Waals surface area contributed by atoms with E-state index in [1.54, 1.807) is 6.07 Å². The Balaban J connectivity index is 2.00. The normalized spacial score (nSPS) is 18.8. The molecule has 2 rings (SSSR count). The number of aromatic nitrogens is 1. The van der Waals surface area contributed by atoms with Gasteiger partial charge in [0.15, 0.2) is 5.82 Å². The molecule has 0 spiro atoms. The van der Waals surface area contributed by atoms with Gasteiger partial charge in [0.25, 0.3) is 0 Å². The minimum Gasteiger partial charge on any atom is -0.363 e. The Morgan fingerprint density at radius 2 is 2.50 bits per heavy atom. The number of hydrogen-bond acceptors (Lipinski definition) is 3. The molecule has 0 bridgehead atoms. The molecule has 4 heteroatoms. The summed E-state index contributed by atoms with van der Waals surface area (Å²) in [5.41, 5.74) is -0.154. The average molecular weight is 166 g/mol. The molecule has 1 N–H and O–H groups in total. The number of carbonyl (C=O) groups is 1. The Kier molecular flexibility index (Phi) is 1.43. The molecule has 1 aromatic rings. The second kappa shape index (κ2) is 2.33. The summed E-state index contributed by atoms with van der Waals surface area (Å²) in [5.74, 6) is 0.532. The first-order valence-electron chi connectivity index (χ1n) is 3.93. The number of amides is 1. The van der Waals surface area contributed by atoms with Crippen molar-refractivity contribution in [3.63, 3.8) is 0 Å². The van der Waals surface area contributed by atoms with Crippen molar-refractivity contribution in [1.82, 2.24) is 5.16 Å². The zero-order valence-electron chi connectivity index (χ0n) is 6.83. The summed E-state index contributed by atoms with van der Waals surface area (Å²) in [5, 5.41) is 6.27. The highest BCUT2D eigenvalue weighted by molar-refractivity contribution is 5.95. The third-order valence-electron chi connectivity index (χ3n) is 2.23. The third kappa shape index (κ3) is 1.20. The van der Waals surface area contributed by atoms with E-state index in [0.717, 1.165) is 12.8 Å². The Hall–Kier alpha value is -1.32. The lowest BCUT2D eigenvalue weighted by Crippen LogP contribution is -2.21.